The number of aliphatic carboxylic acids is 1. The summed E-state index contributed by atoms with van der Waals surface area (Å²) in [5, 5.41) is 11.4. The highest BCUT2D eigenvalue weighted by molar-refractivity contribution is 5.85. The van der Waals surface area contributed by atoms with Crippen LogP contribution in [0.2, 0.25) is 0 Å². The molecule has 0 saturated heterocycles. The van der Waals surface area contributed by atoms with Crippen molar-refractivity contribution in [2.45, 2.75) is 25.9 Å². The molecule has 0 saturated carbocycles. The van der Waals surface area contributed by atoms with Gasteiger partial charge in [0.15, 0.2) is 0 Å². The summed E-state index contributed by atoms with van der Waals surface area (Å²) in [5.74, 6) is -1.08. The highest BCUT2D eigenvalue weighted by atomic mass is 16.4. The van der Waals surface area contributed by atoms with Gasteiger partial charge >= 0.3 is 12.0 Å². The molecule has 1 aromatic heterocycles. The predicted octanol–water partition coefficient (Wildman–Crippen LogP) is 1.09. The van der Waals surface area contributed by atoms with Gasteiger partial charge in [0.05, 0.1) is 12.2 Å². The number of nitrogens with one attached hydrogen (secondary N) is 1. The molecular weight excluding hydrogens is 234 g/mol. The van der Waals surface area contributed by atoms with Gasteiger partial charge in [-0.05, 0) is 26.0 Å². The predicted molar refractivity (Wildman–Crippen MR) is 66.0 cm³/mol. The lowest BCUT2D eigenvalue weighted by Gasteiger charge is -2.25. The van der Waals surface area contributed by atoms with Gasteiger partial charge < -0.3 is 15.3 Å². The standard InChI is InChI=1S/C12H17N3O3/c1-12(2,10(16)17)14-11(18)15(3)8-9-6-4-5-7-13-9/h4-7H,8H2,1-3H3,(H,14,18)(H,16,17). The third kappa shape index (κ3) is 3.73. The Morgan fingerprint density at radius 3 is 2.61 bits per heavy atom. The van der Waals surface area contributed by atoms with E-state index in [1.807, 2.05) is 6.07 Å². The van der Waals surface area contributed by atoms with Gasteiger partial charge in [0.2, 0.25) is 0 Å². The van der Waals surface area contributed by atoms with Crippen LogP contribution in [0.5, 0.6) is 0 Å². The van der Waals surface area contributed by atoms with Gasteiger partial charge in [-0.2, -0.15) is 0 Å². The van der Waals surface area contributed by atoms with Crippen molar-refractivity contribution in [2.24, 2.45) is 0 Å². The van der Waals surface area contributed by atoms with Crippen LogP contribution >= 0.6 is 0 Å². The number of rotatable bonds is 4. The number of hydrogen-bond acceptors (Lipinski definition) is 3. The number of carbonyl (C=O) groups excluding carboxylic acids is 1. The largest absolute Gasteiger partial charge is 0.480 e. The first kappa shape index (κ1) is 14.0. The van der Waals surface area contributed by atoms with Crippen LogP contribution in [0, 0.1) is 0 Å². The second-order valence-electron chi connectivity index (χ2n) is 4.54. The molecule has 0 atom stereocenters. The van der Waals surface area contributed by atoms with Crippen LogP contribution in [0.3, 0.4) is 0 Å². The van der Waals surface area contributed by atoms with Gasteiger partial charge in [-0.3, -0.25) is 4.98 Å². The Bertz CT molecular complexity index is 431. The van der Waals surface area contributed by atoms with Crippen molar-refractivity contribution >= 4 is 12.0 Å². The number of aromatic nitrogens is 1. The summed E-state index contributed by atoms with van der Waals surface area (Å²) in [6, 6.07) is 4.96. The fraction of sp³-hybridized carbons (Fsp3) is 0.417. The van der Waals surface area contributed by atoms with Crippen molar-refractivity contribution in [3.8, 4) is 0 Å². The van der Waals surface area contributed by atoms with Crippen LogP contribution in [0.4, 0.5) is 4.79 Å². The van der Waals surface area contributed by atoms with E-state index in [0.717, 1.165) is 5.69 Å². The Labute approximate surface area is 106 Å². The number of nitrogens with zero attached hydrogens (tertiary/aromatic N) is 2. The number of hydrogen-bond donors (Lipinski definition) is 2. The molecule has 0 fully saturated rings. The van der Waals surface area contributed by atoms with Crippen LogP contribution in [-0.4, -0.2) is 39.6 Å². The van der Waals surface area contributed by atoms with Crippen molar-refractivity contribution in [1.82, 2.24) is 15.2 Å². The molecule has 98 valence electrons. The molecule has 0 aliphatic rings. The van der Waals surface area contributed by atoms with E-state index in [9.17, 15) is 9.59 Å². The smallest absolute Gasteiger partial charge is 0.328 e. The molecule has 0 spiro atoms. The number of urea groups is 1. The Hall–Kier alpha value is -2.11. The molecule has 0 unspecified atom stereocenters. The van der Waals surface area contributed by atoms with Gasteiger partial charge in [0.25, 0.3) is 0 Å². The van der Waals surface area contributed by atoms with Gasteiger partial charge in [0, 0.05) is 13.2 Å². The Morgan fingerprint density at radius 2 is 2.11 bits per heavy atom. The highest BCUT2D eigenvalue weighted by Crippen LogP contribution is 2.05. The normalized spacial score (nSPS) is 10.8. The minimum atomic E-state index is -1.30. The Balaban J connectivity index is 2.60. The molecule has 0 bridgehead atoms. The average molecular weight is 251 g/mol. The first-order chi connectivity index (χ1) is 8.33. The number of carbonyl (C=O) groups is 2. The highest BCUT2D eigenvalue weighted by Gasteiger charge is 2.30. The van der Waals surface area contributed by atoms with Crippen LogP contribution in [0.1, 0.15) is 19.5 Å². The quantitative estimate of drug-likeness (QED) is 0.839. The van der Waals surface area contributed by atoms with Crippen molar-refractivity contribution < 1.29 is 14.7 Å². The van der Waals surface area contributed by atoms with E-state index in [4.69, 9.17) is 5.11 Å². The van der Waals surface area contributed by atoms with E-state index in [1.54, 1.807) is 25.4 Å². The maximum Gasteiger partial charge on any atom is 0.328 e. The zero-order chi connectivity index (χ0) is 13.8. The summed E-state index contributed by atoms with van der Waals surface area (Å²) in [4.78, 5) is 28.2. The molecule has 1 rings (SSSR count). The van der Waals surface area contributed by atoms with Gasteiger partial charge in [0.1, 0.15) is 5.54 Å². The number of carboxylic acids is 1. The summed E-state index contributed by atoms with van der Waals surface area (Å²) in [7, 11) is 1.59. The molecule has 6 nitrogen and oxygen atoms in total. The minimum Gasteiger partial charge on any atom is -0.480 e. The van der Waals surface area contributed by atoms with Crippen molar-refractivity contribution in [3.63, 3.8) is 0 Å². The van der Waals surface area contributed by atoms with E-state index < -0.39 is 17.5 Å². The molecule has 0 radical (unpaired) electrons. The fourth-order valence-corrected chi connectivity index (χ4v) is 1.22. The lowest BCUT2D eigenvalue weighted by atomic mass is 10.1. The van der Waals surface area contributed by atoms with E-state index in [0.29, 0.717) is 6.54 Å². The first-order valence-corrected chi connectivity index (χ1v) is 5.49. The molecule has 2 N–H and O–H groups in total. The monoisotopic (exact) mass is 251 g/mol. The maximum absolute atomic E-state index is 11.8. The van der Waals surface area contributed by atoms with Crippen molar-refractivity contribution in [1.29, 1.82) is 0 Å². The van der Waals surface area contributed by atoms with E-state index >= 15 is 0 Å². The second kappa shape index (κ2) is 5.48. The van der Waals surface area contributed by atoms with Crippen molar-refractivity contribution in [3.05, 3.63) is 30.1 Å². The van der Waals surface area contributed by atoms with E-state index in [-0.39, 0.29) is 0 Å². The molecule has 6 heteroatoms. The van der Waals surface area contributed by atoms with Crippen LogP contribution in [0.15, 0.2) is 24.4 Å². The number of carboxylic acid groups (broad SMARTS) is 1. The SMILES string of the molecule is CN(Cc1ccccn1)C(=O)NC(C)(C)C(=O)O. The lowest BCUT2D eigenvalue weighted by molar-refractivity contribution is -0.143. The van der Waals surface area contributed by atoms with Crippen LogP contribution in [0.25, 0.3) is 0 Å². The summed E-state index contributed by atoms with van der Waals surface area (Å²) >= 11 is 0. The van der Waals surface area contributed by atoms with E-state index in [1.165, 1.54) is 18.7 Å². The van der Waals surface area contributed by atoms with E-state index in [2.05, 4.69) is 10.3 Å². The number of amides is 2. The second-order valence-corrected chi connectivity index (χ2v) is 4.54. The van der Waals surface area contributed by atoms with Crippen LogP contribution < -0.4 is 5.32 Å². The minimum absolute atomic E-state index is 0.322. The molecular formula is C12H17N3O3. The molecule has 18 heavy (non-hydrogen) atoms. The van der Waals surface area contributed by atoms with Gasteiger partial charge in [-0.1, -0.05) is 6.07 Å². The lowest BCUT2D eigenvalue weighted by Crippen LogP contribution is -2.53. The topological polar surface area (TPSA) is 82.5 Å². The molecule has 1 aromatic rings. The maximum atomic E-state index is 11.8. The van der Waals surface area contributed by atoms with Gasteiger partial charge in [-0.25, -0.2) is 9.59 Å². The molecule has 0 aromatic carbocycles. The van der Waals surface area contributed by atoms with Crippen LogP contribution in [-0.2, 0) is 11.3 Å². The van der Waals surface area contributed by atoms with Crippen molar-refractivity contribution in [2.75, 3.05) is 7.05 Å². The Morgan fingerprint density at radius 1 is 1.44 bits per heavy atom. The summed E-state index contributed by atoms with van der Waals surface area (Å²) in [5.41, 5.74) is -0.557. The third-order valence-electron chi connectivity index (χ3n) is 2.43. The molecule has 0 aliphatic carbocycles. The average Bonchev–Trinajstić information content (AvgIpc) is 2.29. The zero-order valence-corrected chi connectivity index (χ0v) is 10.7. The summed E-state index contributed by atoms with van der Waals surface area (Å²) in [6.07, 6.45) is 1.64. The third-order valence-corrected chi connectivity index (χ3v) is 2.43. The molecule has 0 aliphatic heterocycles. The first-order valence-electron chi connectivity index (χ1n) is 5.49. The fourth-order valence-electron chi connectivity index (χ4n) is 1.22. The summed E-state index contributed by atoms with van der Waals surface area (Å²) < 4.78 is 0. The number of pyridine rings is 1. The summed E-state index contributed by atoms with van der Waals surface area (Å²) in [6.45, 7) is 3.19. The Kier molecular flexibility index (Phi) is 4.25. The molecule has 1 heterocycles. The molecule has 2 amide bonds. The van der Waals surface area contributed by atoms with Gasteiger partial charge in [-0.15, -0.1) is 0 Å². The zero-order valence-electron chi connectivity index (χ0n) is 10.7.